The Bertz CT molecular complexity index is 1900. The van der Waals surface area contributed by atoms with Crippen molar-refractivity contribution >= 4 is 55.9 Å². The predicted molar refractivity (Wildman–Crippen MR) is 181 cm³/mol. The summed E-state index contributed by atoms with van der Waals surface area (Å²) in [6.45, 7) is 8.18. The third-order valence-corrected chi connectivity index (χ3v) is 9.86. The maximum atomic E-state index is 12.8. The first-order valence-corrected chi connectivity index (χ1v) is 18.3. The molecule has 14 heteroatoms. The number of rotatable bonds is 10. The van der Waals surface area contributed by atoms with E-state index in [1.807, 2.05) is 39.8 Å². The highest BCUT2D eigenvalue weighted by Crippen LogP contribution is 2.39. The van der Waals surface area contributed by atoms with Gasteiger partial charge in [0.25, 0.3) is 0 Å². The summed E-state index contributed by atoms with van der Waals surface area (Å²) in [5, 5.41) is 0.983. The number of carbonyl (C=O) groups is 2. The molecule has 0 bridgehead atoms. The van der Waals surface area contributed by atoms with Crippen molar-refractivity contribution in [3.63, 3.8) is 0 Å². The minimum atomic E-state index is -3.24. The van der Waals surface area contributed by atoms with Gasteiger partial charge in [-0.2, -0.15) is 0 Å². The number of carbonyl (C=O) groups excluding carboxylic acids is 2. The maximum absolute atomic E-state index is 12.8. The van der Waals surface area contributed by atoms with Crippen molar-refractivity contribution in [3.8, 4) is 16.5 Å². The van der Waals surface area contributed by atoms with E-state index in [1.165, 1.54) is 13.4 Å². The van der Waals surface area contributed by atoms with Gasteiger partial charge in [0, 0.05) is 24.4 Å². The lowest BCUT2D eigenvalue weighted by molar-refractivity contribution is 0.0187. The largest absolute Gasteiger partial charge is 0.490 e. The molecule has 0 radical (unpaired) electrons. The molecular formula is C33H38ClN3O8S2. The van der Waals surface area contributed by atoms with Crippen LogP contribution in [0.4, 0.5) is 4.79 Å². The fourth-order valence-corrected chi connectivity index (χ4v) is 7.50. The number of sulfone groups is 1. The number of aromatic nitrogens is 2. The topological polar surface area (TPSA) is 126 Å². The quantitative estimate of drug-likeness (QED) is 0.161. The number of thiophene rings is 1. The monoisotopic (exact) mass is 703 g/mol. The van der Waals surface area contributed by atoms with Crippen LogP contribution in [0.2, 0.25) is 5.02 Å². The van der Waals surface area contributed by atoms with Gasteiger partial charge in [-0.1, -0.05) is 29.8 Å². The van der Waals surface area contributed by atoms with Crippen molar-refractivity contribution in [2.45, 2.75) is 64.0 Å². The lowest BCUT2D eigenvalue weighted by atomic mass is 10.1. The SMILES string of the molecule is COC(=O)c1sc(-n2cnc3ccc(CS(C)(=O)=O)cc32)cc1O[C@H](C)c1cccc(OC[C@@H]2CCCN2C(=O)OC(C)(C)C)c1Cl. The number of methoxy groups -OCH3 is 1. The number of ether oxygens (including phenoxy) is 4. The molecule has 0 aliphatic carbocycles. The third-order valence-electron chi connectivity index (χ3n) is 7.50. The molecule has 252 valence electrons. The molecule has 0 N–H and O–H groups in total. The number of hydrogen-bond donors (Lipinski definition) is 0. The van der Waals surface area contributed by atoms with Gasteiger partial charge in [-0.3, -0.25) is 4.57 Å². The summed E-state index contributed by atoms with van der Waals surface area (Å²) in [4.78, 5) is 31.9. The number of halogens is 1. The van der Waals surface area contributed by atoms with Gasteiger partial charge < -0.3 is 23.8 Å². The van der Waals surface area contributed by atoms with E-state index in [0.717, 1.165) is 24.2 Å². The molecule has 1 aliphatic rings. The van der Waals surface area contributed by atoms with Gasteiger partial charge in [0.2, 0.25) is 0 Å². The van der Waals surface area contributed by atoms with Crippen LogP contribution in [0.1, 0.15) is 67.4 Å². The lowest BCUT2D eigenvalue weighted by Gasteiger charge is -2.28. The Kier molecular flexibility index (Phi) is 10.1. The van der Waals surface area contributed by atoms with E-state index in [4.69, 9.17) is 30.5 Å². The van der Waals surface area contributed by atoms with E-state index in [2.05, 4.69) is 4.98 Å². The minimum absolute atomic E-state index is 0.107. The van der Waals surface area contributed by atoms with Gasteiger partial charge in [0.15, 0.2) is 14.7 Å². The van der Waals surface area contributed by atoms with Gasteiger partial charge in [0.1, 0.15) is 41.1 Å². The molecule has 47 heavy (non-hydrogen) atoms. The Morgan fingerprint density at radius 2 is 1.91 bits per heavy atom. The van der Waals surface area contributed by atoms with Crippen LogP contribution in [-0.2, 0) is 25.1 Å². The molecule has 2 atom stereocenters. The summed E-state index contributed by atoms with van der Waals surface area (Å²) in [7, 11) is -1.94. The third kappa shape index (κ3) is 8.20. The molecule has 1 amide bonds. The minimum Gasteiger partial charge on any atom is -0.490 e. The van der Waals surface area contributed by atoms with Crippen molar-refractivity contribution < 1.29 is 37.0 Å². The maximum Gasteiger partial charge on any atom is 0.410 e. The van der Waals surface area contributed by atoms with E-state index in [1.54, 1.807) is 46.1 Å². The van der Waals surface area contributed by atoms with Gasteiger partial charge in [-0.15, -0.1) is 11.3 Å². The lowest BCUT2D eigenvalue weighted by Crippen LogP contribution is -2.42. The zero-order valence-electron chi connectivity index (χ0n) is 27.1. The average Bonchev–Trinajstić information content (AvgIpc) is 3.73. The van der Waals surface area contributed by atoms with Gasteiger partial charge >= 0.3 is 12.1 Å². The second kappa shape index (κ2) is 13.7. The van der Waals surface area contributed by atoms with Gasteiger partial charge in [0.05, 0.1) is 35.0 Å². The molecule has 2 aromatic carbocycles. The molecule has 1 fully saturated rings. The first-order chi connectivity index (χ1) is 22.1. The van der Waals surface area contributed by atoms with Crippen molar-refractivity contribution in [3.05, 3.63) is 69.8 Å². The number of nitrogens with zero attached hydrogens (tertiary/aromatic N) is 3. The summed E-state index contributed by atoms with van der Waals surface area (Å²) in [5.74, 6) is 0.0636. The van der Waals surface area contributed by atoms with Gasteiger partial charge in [-0.05, 0) is 64.3 Å². The highest BCUT2D eigenvalue weighted by molar-refractivity contribution is 7.89. The van der Waals surface area contributed by atoms with Crippen LogP contribution >= 0.6 is 22.9 Å². The van der Waals surface area contributed by atoms with E-state index in [0.29, 0.717) is 50.2 Å². The first-order valence-electron chi connectivity index (χ1n) is 15.1. The Hall–Kier alpha value is -3.81. The van der Waals surface area contributed by atoms with Crippen LogP contribution in [0.5, 0.6) is 11.5 Å². The molecule has 0 unspecified atom stereocenters. The summed E-state index contributed by atoms with van der Waals surface area (Å²) in [6.07, 6.45) is 3.49. The number of fused-ring (bicyclic) bond motifs is 1. The fraction of sp³-hybridized carbons (Fsp3) is 0.424. The predicted octanol–water partition coefficient (Wildman–Crippen LogP) is 6.99. The zero-order chi connectivity index (χ0) is 34.1. The van der Waals surface area contributed by atoms with Crippen molar-refractivity contribution in [2.75, 3.05) is 26.5 Å². The molecular weight excluding hydrogens is 666 g/mol. The number of hydrogen-bond acceptors (Lipinski definition) is 10. The Morgan fingerprint density at radius 3 is 2.62 bits per heavy atom. The fourth-order valence-electron chi connectivity index (χ4n) is 5.39. The first kappa shape index (κ1) is 34.5. The highest BCUT2D eigenvalue weighted by Gasteiger charge is 2.33. The van der Waals surface area contributed by atoms with Crippen molar-refractivity contribution in [1.29, 1.82) is 0 Å². The Balaban J connectivity index is 1.36. The number of likely N-dealkylation sites (tertiary alicyclic amines) is 1. The number of benzene rings is 2. The molecule has 1 saturated heterocycles. The van der Waals surface area contributed by atoms with Crippen LogP contribution in [-0.4, -0.2) is 73.1 Å². The Labute approximate surface area is 283 Å². The zero-order valence-corrected chi connectivity index (χ0v) is 29.5. The van der Waals surface area contributed by atoms with Crippen molar-refractivity contribution in [1.82, 2.24) is 14.5 Å². The Morgan fingerprint density at radius 1 is 1.15 bits per heavy atom. The summed E-state index contributed by atoms with van der Waals surface area (Å²) < 4.78 is 48.7. The van der Waals surface area contributed by atoms with Crippen LogP contribution in [0.15, 0.2) is 48.8 Å². The van der Waals surface area contributed by atoms with E-state index < -0.39 is 27.5 Å². The summed E-state index contributed by atoms with van der Waals surface area (Å²) in [5.41, 5.74) is 2.03. The van der Waals surface area contributed by atoms with E-state index >= 15 is 0 Å². The summed E-state index contributed by atoms with van der Waals surface area (Å²) >= 11 is 7.99. The molecule has 4 aromatic rings. The number of imidazole rings is 1. The van der Waals surface area contributed by atoms with Gasteiger partial charge in [-0.25, -0.2) is 23.0 Å². The summed E-state index contributed by atoms with van der Waals surface area (Å²) in [6, 6.07) is 12.2. The molecule has 3 heterocycles. The molecule has 5 rings (SSSR count). The molecule has 11 nitrogen and oxygen atoms in total. The number of amides is 1. The molecule has 2 aromatic heterocycles. The van der Waals surface area contributed by atoms with Crippen molar-refractivity contribution in [2.24, 2.45) is 0 Å². The second-order valence-corrected chi connectivity index (χ2v) is 16.0. The van der Waals surface area contributed by atoms with Crippen LogP contribution in [0.25, 0.3) is 16.0 Å². The standard InChI is InChI=1S/C33H38ClN3O8S2/c1-20(23-10-7-11-26(29(23)34)43-17-22-9-8-14-36(22)32(39)45-33(2,3)4)44-27-16-28(46-30(27)31(38)42-5)37-19-35-24-13-12-21(15-25(24)37)18-47(6,40)41/h7,10-13,15-16,19-20,22H,8-9,14,17-18H2,1-6H3/t20-,22+/m1/s1. The normalized spacial score (nSPS) is 15.9. The van der Waals surface area contributed by atoms with Crippen LogP contribution < -0.4 is 9.47 Å². The van der Waals surface area contributed by atoms with E-state index in [9.17, 15) is 18.0 Å². The highest BCUT2D eigenvalue weighted by atomic mass is 35.5. The smallest absolute Gasteiger partial charge is 0.410 e. The van der Waals surface area contributed by atoms with E-state index in [-0.39, 0.29) is 29.4 Å². The average molecular weight is 704 g/mol. The molecule has 0 saturated carbocycles. The second-order valence-electron chi connectivity index (χ2n) is 12.5. The molecule has 0 spiro atoms. The van der Waals surface area contributed by atoms with Crippen LogP contribution in [0.3, 0.4) is 0 Å². The molecule has 1 aliphatic heterocycles. The van der Waals surface area contributed by atoms with Crippen LogP contribution in [0, 0.1) is 0 Å². The number of esters is 1.